The number of carbonyl (C=O) groups excluding carboxylic acids is 1. The van der Waals surface area contributed by atoms with E-state index in [-0.39, 0.29) is 5.91 Å². The van der Waals surface area contributed by atoms with Crippen LogP contribution in [0.1, 0.15) is 16.1 Å². The number of halogens is 3. The first-order valence-electron chi connectivity index (χ1n) is 8.45. The SMILES string of the molecule is O=C(Nc1cnn(Cc2ccc(Cl)c(Cl)c2)c1)c1ccn(Cn2cc(Br)cn2)n1. The minimum absolute atomic E-state index is 0.299. The van der Waals surface area contributed by atoms with Gasteiger partial charge in [-0.25, -0.2) is 4.68 Å². The minimum atomic E-state index is -0.320. The van der Waals surface area contributed by atoms with Crippen molar-refractivity contribution in [2.75, 3.05) is 5.32 Å². The number of hydrogen-bond acceptors (Lipinski definition) is 4. The fourth-order valence-electron chi connectivity index (χ4n) is 2.66. The quantitative estimate of drug-likeness (QED) is 0.436. The summed E-state index contributed by atoms with van der Waals surface area (Å²) in [4.78, 5) is 12.4. The number of anilines is 1. The normalized spacial score (nSPS) is 11.0. The lowest BCUT2D eigenvalue weighted by Crippen LogP contribution is -2.14. The van der Waals surface area contributed by atoms with Gasteiger partial charge in [0.2, 0.25) is 0 Å². The molecular formula is C18H14BrCl2N7O. The average molecular weight is 495 g/mol. The van der Waals surface area contributed by atoms with Crippen LogP contribution in [0.4, 0.5) is 5.69 Å². The van der Waals surface area contributed by atoms with Crippen LogP contribution >= 0.6 is 39.1 Å². The summed E-state index contributed by atoms with van der Waals surface area (Å²) in [5, 5.41) is 16.5. The molecule has 11 heteroatoms. The van der Waals surface area contributed by atoms with Crippen LogP contribution in [0.15, 0.2) is 59.7 Å². The third-order valence-electron chi connectivity index (χ3n) is 3.98. The summed E-state index contributed by atoms with van der Waals surface area (Å²) in [6.07, 6.45) is 8.54. The van der Waals surface area contributed by atoms with E-state index in [1.165, 1.54) is 0 Å². The van der Waals surface area contributed by atoms with Crippen molar-refractivity contribution in [3.05, 3.63) is 81.0 Å². The Balaban J connectivity index is 1.38. The van der Waals surface area contributed by atoms with Crippen LogP contribution in [0, 0.1) is 0 Å². The maximum atomic E-state index is 12.4. The molecule has 4 aromatic rings. The number of rotatable bonds is 6. The summed E-state index contributed by atoms with van der Waals surface area (Å²) in [5.41, 5.74) is 1.82. The minimum Gasteiger partial charge on any atom is -0.318 e. The molecule has 148 valence electrons. The largest absolute Gasteiger partial charge is 0.318 e. The summed E-state index contributed by atoms with van der Waals surface area (Å²) in [6.45, 7) is 0.904. The molecule has 29 heavy (non-hydrogen) atoms. The second-order valence-corrected chi connectivity index (χ2v) is 7.94. The van der Waals surface area contributed by atoms with Crippen LogP contribution in [-0.2, 0) is 13.2 Å². The van der Waals surface area contributed by atoms with Gasteiger partial charge in [-0.2, -0.15) is 15.3 Å². The van der Waals surface area contributed by atoms with Crippen molar-refractivity contribution >= 4 is 50.7 Å². The van der Waals surface area contributed by atoms with Crippen molar-refractivity contribution in [1.82, 2.24) is 29.3 Å². The van der Waals surface area contributed by atoms with Gasteiger partial charge in [0.05, 0.1) is 39.1 Å². The average Bonchev–Trinajstić information content (AvgIpc) is 3.41. The lowest BCUT2D eigenvalue weighted by Gasteiger charge is -2.04. The fraction of sp³-hybridized carbons (Fsp3) is 0.111. The Morgan fingerprint density at radius 3 is 2.62 bits per heavy atom. The van der Waals surface area contributed by atoms with E-state index < -0.39 is 0 Å². The van der Waals surface area contributed by atoms with Crippen LogP contribution in [0.3, 0.4) is 0 Å². The molecule has 4 rings (SSSR count). The van der Waals surface area contributed by atoms with Crippen molar-refractivity contribution in [2.45, 2.75) is 13.2 Å². The van der Waals surface area contributed by atoms with Gasteiger partial charge in [0.25, 0.3) is 5.91 Å². The highest BCUT2D eigenvalue weighted by atomic mass is 79.9. The summed E-state index contributed by atoms with van der Waals surface area (Å²) in [5.74, 6) is -0.320. The predicted octanol–water partition coefficient (Wildman–Crippen LogP) is 4.15. The van der Waals surface area contributed by atoms with Gasteiger partial charge in [0.1, 0.15) is 6.67 Å². The molecule has 0 atom stereocenters. The maximum Gasteiger partial charge on any atom is 0.276 e. The molecule has 3 aromatic heterocycles. The van der Waals surface area contributed by atoms with Gasteiger partial charge in [0, 0.05) is 18.6 Å². The number of benzene rings is 1. The summed E-state index contributed by atoms with van der Waals surface area (Å²) in [6, 6.07) is 7.05. The molecule has 0 saturated carbocycles. The zero-order chi connectivity index (χ0) is 20.4. The molecule has 0 aliphatic rings. The molecule has 0 bridgehead atoms. The highest BCUT2D eigenvalue weighted by Gasteiger charge is 2.12. The van der Waals surface area contributed by atoms with Gasteiger partial charge in [0.15, 0.2) is 5.69 Å². The van der Waals surface area contributed by atoms with Crippen molar-refractivity contribution < 1.29 is 4.79 Å². The standard InChI is InChI=1S/C18H14BrCl2N7O/c19-13-6-22-28(9-13)11-26-4-3-17(25-26)18(29)24-14-7-23-27(10-14)8-12-1-2-15(20)16(21)5-12/h1-7,9-10H,8,11H2,(H,24,29). The van der Waals surface area contributed by atoms with Crippen molar-refractivity contribution in [3.8, 4) is 0 Å². The number of carbonyl (C=O) groups is 1. The second kappa shape index (κ2) is 8.40. The molecular weight excluding hydrogens is 481 g/mol. The van der Waals surface area contributed by atoms with Crippen LogP contribution in [-0.4, -0.2) is 35.2 Å². The Morgan fingerprint density at radius 1 is 1.03 bits per heavy atom. The third-order valence-corrected chi connectivity index (χ3v) is 5.13. The van der Waals surface area contributed by atoms with Gasteiger partial charge < -0.3 is 5.32 Å². The molecule has 0 saturated heterocycles. The smallest absolute Gasteiger partial charge is 0.276 e. The third kappa shape index (κ3) is 4.87. The van der Waals surface area contributed by atoms with Crippen molar-refractivity contribution in [1.29, 1.82) is 0 Å². The summed E-state index contributed by atoms with van der Waals surface area (Å²) < 4.78 is 5.90. The number of hydrogen-bond donors (Lipinski definition) is 1. The lowest BCUT2D eigenvalue weighted by atomic mass is 10.2. The zero-order valence-electron chi connectivity index (χ0n) is 14.8. The van der Waals surface area contributed by atoms with Crippen molar-refractivity contribution in [3.63, 3.8) is 0 Å². The lowest BCUT2D eigenvalue weighted by molar-refractivity contribution is 0.102. The first-order valence-corrected chi connectivity index (χ1v) is 10.0. The molecule has 0 unspecified atom stereocenters. The Bertz CT molecular complexity index is 1170. The Kier molecular flexibility index (Phi) is 5.70. The fourth-order valence-corrected chi connectivity index (χ4v) is 3.31. The number of nitrogens with zero attached hydrogens (tertiary/aromatic N) is 6. The Labute approximate surface area is 184 Å². The predicted molar refractivity (Wildman–Crippen MR) is 113 cm³/mol. The number of nitrogens with one attached hydrogen (secondary N) is 1. The highest BCUT2D eigenvalue weighted by Crippen LogP contribution is 2.23. The van der Waals surface area contributed by atoms with Gasteiger partial charge in [-0.1, -0.05) is 29.3 Å². The zero-order valence-corrected chi connectivity index (χ0v) is 17.9. The first-order chi connectivity index (χ1) is 14.0. The molecule has 3 heterocycles. The van der Waals surface area contributed by atoms with Crippen LogP contribution < -0.4 is 5.32 Å². The molecule has 0 spiro atoms. The number of amides is 1. The maximum absolute atomic E-state index is 12.4. The molecule has 1 aromatic carbocycles. The second-order valence-electron chi connectivity index (χ2n) is 6.21. The van der Waals surface area contributed by atoms with E-state index in [4.69, 9.17) is 23.2 Å². The van der Waals surface area contributed by atoms with E-state index >= 15 is 0 Å². The van der Waals surface area contributed by atoms with E-state index in [2.05, 4.69) is 36.5 Å². The molecule has 0 aliphatic heterocycles. The van der Waals surface area contributed by atoms with Gasteiger partial charge in [-0.3, -0.25) is 14.2 Å². The Hall–Kier alpha value is -2.62. The van der Waals surface area contributed by atoms with Crippen molar-refractivity contribution in [2.24, 2.45) is 0 Å². The van der Waals surface area contributed by atoms with E-state index in [0.717, 1.165) is 10.0 Å². The molecule has 8 nitrogen and oxygen atoms in total. The van der Waals surface area contributed by atoms with Crippen LogP contribution in [0.5, 0.6) is 0 Å². The number of aromatic nitrogens is 6. The molecule has 1 amide bonds. The molecule has 0 aliphatic carbocycles. The molecule has 0 fully saturated rings. The summed E-state index contributed by atoms with van der Waals surface area (Å²) >= 11 is 15.3. The molecule has 0 radical (unpaired) electrons. The van der Waals surface area contributed by atoms with Crippen LogP contribution in [0.25, 0.3) is 0 Å². The van der Waals surface area contributed by atoms with E-state index in [9.17, 15) is 4.79 Å². The van der Waals surface area contributed by atoms with E-state index in [1.807, 2.05) is 12.3 Å². The monoisotopic (exact) mass is 493 g/mol. The van der Waals surface area contributed by atoms with E-state index in [0.29, 0.717) is 34.6 Å². The topological polar surface area (TPSA) is 82.6 Å². The molecule has 1 N–H and O–H groups in total. The van der Waals surface area contributed by atoms with Gasteiger partial charge in [-0.05, 0) is 39.7 Å². The van der Waals surface area contributed by atoms with E-state index in [1.54, 1.807) is 57.0 Å². The summed E-state index contributed by atoms with van der Waals surface area (Å²) in [7, 11) is 0. The van der Waals surface area contributed by atoms with Gasteiger partial charge >= 0.3 is 0 Å². The van der Waals surface area contributed by atoms with Gasteiger partial charge in [-0.15, -0.1) is 0 Å². The highest BCUT2D eigenvalue weighted by molar-refractivity contribution is 9.10. The Morgan fingerprint density at radius 2 is 1.86 bits per heavy atom. The first kappa shape index (κ1) is 19.7. The van der Waals surface area contributed by atoms with Crippen LogP contribution in [0.2, 0.25) is 10.0 Å².